The van der Waals surface area contributed by atoms with Crippen molar-refractivity contribution in [2.45, 2.75) is 39.4 Å². The zero-order chi connectivity index (χ0) is 15.3. The molecule has 0 bridgehead atoms. The maximum atomic E-state index is 11.9. The molecule has 0 aliphatic heterocycles. The van der Waals surface area contributed by atoms with Crippen LogP contribution in [0.1, 0.15) is 42.9 Å². The van der Waals surface area contributed by atoms with E-state index in [2.05, 4.69) is 26.1 Å². The quantitative estimate of drug-likeness (QED) is 0.842. The van der Waals surface area contributed by atoms with Crippen LogP contribution < -0.4 is 5.32 Å². The van der Waals surface area contributed by atoms with Crippen LogP contribution in [-0.4, -0.2) is 29.0 Å². The highest BCUT2D eigenvalue weighted by Crippen LogP contribution is 2.29. The number of carbonyl (C=O) groups is 2. The van der Waals surface area contributed by atoms with E-state index in [1.54, 1.807) is 24.8 Å². The summed E-state index contributed by atoms with van der Waals surface area (Å²) in [6.07, 6.45) is 0. The normalized spacial score (nSPS) is 11.2. The average Bonchev–Trinajstić information content (AvgIpc) is 2.67. The van der Waals surface area contributed by atoms with Crippen LogP contribution in [0, 0.1) is 6.92 Å². The van der Waals surface area contributed by atoms with Crippen LogP contribution in [0.25, 0.3) is 0 Å². The van der Waals surface area contributed by atoms with Crippen molar-refractivity contribution < 1.29 is 14.3 Å². The molecule has 0 spiro atoms. The van der Waals surface area contributed by atoms with E-state index in [9.17, 15) is 9.59 Å². The molecule has 1 heterocycles. The van der Waals surface area contributed by atoms with Crippen LogP contribution in [-0.2, 0) is 9.53 Å². The number of esters is 1. The number of anilines is 1. The summed E-state index contributed by atoms with van der Waals surface area (Å²) in [5.41, 5.74) is 0.434. The first-order valence-corrected chi connectivity index (χ1v) is 8.24. The Balaban J connectivity index is 2.72. The lowest BCUT2D eigenvalue weighted by Crippen LogP contribution is -2.19. The van der Waals surface area contributed by atoms with Crippen molar-refractivity contribution in [2.24, 2.45) is 0 Å². The van der Waals surface area contributed by atoms with Crippen LogP contribution in [0.3, 0.4) is 0 Å². The Morgan fingerprint density at radius 1 is 1.40 bits per heavy atom. The Kier molecular flexibility index (Phi) is 6.07. The molecule has 6 heteroatoms. The first-order chi connectivity index (χ1) is 9.23. The van der Waals surface area contributed by atoms with Gasteiger partial charge in [0, 0.05) is 9.62 Å². The van der Waals surface area contributed by atoms with Gasteiger partial charge in [0.2, 0.25) is 5.91 Å². The molecular formula is C14H21NO3S2. The molecule has 1 N–H and O–H groups in total. The molecule has 0 fully saturated rings. The standard InChI is InChI=1S/C14H21NO3S2/c1-6-18-13(17)10-7-9(2)20-12(10)15-11(16)8-19-14(3,4)5/h7H,6,8H2,1-5H3,(H,15,16). The van der Waals surface area contributed by atoms with E-state index in [0.717, 1.165) is 4.88 Å². The minimum Gasteiger partial charge on any atom is -0.462 e. The van der Waals surface area contributed by atoms with Crippen LogP contribution in [0.15, 0.2) is 6.07 Å². The molecule has 0 aliphatic carbocycles. The molecule has 1 aromatic heterocycles. The summed E-state index contributed by atoms with van der Waals surface area (Å²) >= 11 is 2.96. The fourth-order valence-corrected chi connectivity index (χ4v) is 2.96. The van der Waals surface area contributed by atoms with Crippen molar-refractivity contribution in [3.05, 3.63) is 16.5 Å². The van der Waals surface area contributed by atoms with Crippen molar-refractivity contribution in [1.29, 1.82) is 0 Å². The number of amides is 1. The second kappa shape index (κ2) is 7.13. The zero-order valence-electron chi connectivity index (χ0n) is 12.5. The molecule has 0 aromatic carbocycles. The summed E-state index contributed by atoms with van der Waals surface area (Å²) < 4.78 is 5.02. The summed E-state index contributed by atoms with van der Waals surface area (Å²) in [7, 11) is 0. The topological polar surface area (TPSA) is 55.4 Å². The van der Waals surface area contributed by atoms with Gasteiger partial charge in [0.05, 0.1) is 17.9 Å². The highest BCUT2D eigenvalue weighted by Gasteiger charge is 2.19. The van der Waals surface area contributed by atoms with Crippen LogP contribution >= 0.6 is 23.1 Å². The van der Waals surface area contributed by atoms with Crippen molar-refractivity contribution >= 4 is 40.0 Å². The van der Waals surface area contributed by atoms with Crippen molar-refractivity contribution in [2.75, 3.05) is 17.7 Å². The minimum absolute atomic E-state index is 0.0344. The van der Waals surface area contributed by atoms with Crippen LogP contribution in [0.4, 0.5) is 5.00 Å². The zero-order valence-corrected chi connectivity index (χ0v) is 14.2. The lowest BCUT2D eigenvalue weighted by atomic mass is 10.3. The molecular weight excluding hydrogens is 294 g/mol. The molecule has 4 nitrogen and oxygen atoms in total. The van der Waals surface area contributed by atoms with E-state index in [0.29, 0.717) is 22.9 Å². The molecule has 1 amide bonds. The Hall–Kier alpha value is -1.01. The van der Waals surface area contributed by atoms with Gasteiger partial charge in [-0.05, 0) is 19.9 Å². The summed E-state index contributed by atoms with van der Waals surface area (Å²) in [5, 5.41) is 3.37. The predicted octanol–water partition coefficient (Wildman–Crippen LogP) is 3.70. The maximum Gasteiger partial charge on any atom is 0.341 e. The molecule has 0 radical (unpaired) electrons. The molecule has 0 unspecified atom stereocenters. The summed E-state index contributed by atoms with van der Waals surface area (Å²) in [5.74, 6) is -0.129. The predicted molar refractivity (Wildman–Crippen MR) is 85.9 cm³/mol. The first-order valence-electron chi connectivity index (χ1n) is 6.44. The fourth-order valence-electron chi connectivity index (χ4n) is 1.41. The highest BCUT2D eigenvalue weighted by atomic mass is 32.2. The largest absolute Gasteiger partial charge is 0.462 e. The van der Waals surface area contributed by atoms with E-state index >= 15 is 0 Å². The van der Waals surface area contributed by atoms with Crippen LogP contribution in [0.2, 0.25) is 0 Å². The number of thioether (sulfide) groups is 1. The van der Waals surface area contributed by atoms with Gasteiger partial charge in [-0.1, -0.05) is 20.8 Å². The number of nitrogens with one attached hydrogen (secondary N) is 1. The first kappa shape index (κ1) is 17.0. The third-order valence-corrected chi connectivity index (χ3v) is 4.48. The van der Waals surface area contributed by atoms with E-state index in [-0.39, 0.29) is 10.7 Å². The van der Waals surface area contributed by atoms with Gasteiger partial charge in [0.1, 0.15) is 5.00 Å². The molecule has 20 heavy (non-hydrogen) atoms. The minimum atomic E-state index is -0.393. The molecule has 0 aliphatic rings. The lowest BCUT2D eigenvalue weighted by Gasteiger charge is -2.16. The Labute approximate surface area is 128 Å². The summed E-state index contributed by atoms with van der Waals surface area (Å²) in [4.78, 5) is 24.7. The van der Waals surface area contributed by atoms with Crippen molar-refractivity contribution in [3.8, 4) is 0 Å². The number of ether oxygens (including phenoxy) is 1. The number of carbonyl (C=O) groups excluding carboxylic acids is 2. The van der Waals surface area contributed by atoms with Gasteiger partial charge in [-0.3, -0.25) is 4.79 Å². The van der Waals surface area contributed by atoms with E-state index < -0.39 is 5.97 Å². The smallest absolute Gasteiger partial charge is 0.341 e. The van der Waals surface area contributed by atoms with Gasteiger partial charge in [-0.2, -0.15) is 0 Å². The van der Waals surface area contributed by atoms with Gasteiger partial charge in [0.25, 0.3) is 0 Å². The Morgan fingerprint density at radius 3 is 2.60 bits per heavy atom. The van der Waals surface area contributed by atoms with Gasteiger partial charge in [-0.15, -0.1) is 23.1 Å². The average molecular weight is 315 g/mol. The number of hydrogen-bond donors (Lipinski definition) is 1. The second-order valence-corrected chi connectivity index (χ2v) is 8.33. The number of thiophene rings is 1. The Bertz CT molecular complexity index is 489. The maximum absolute atomic E-state index is 11.9. The molecule has 0 saturated heterocycles. The van der Waals surface area contributed by atoms with Gasteiger partial charge >= 0.3 is 5.97 Å². The summed E-state index contributed by atoms with van der Waals surface area (Å²) in [6.45, 7) is 10.2. The van der Waals surface area contributed by atoms with E-state index in [4.69, 9.17) is 4.74 Å². The molecule has 112 valence electrons. The number of rotatable bonds is 5. The van der Waals surface area contributed by atoms with Gasteiger partial charge < -0.3 is 10.1 Å². The number of hydrogen-bond acceptors (Lipinski definition) is 5. The third-order valence-electron chi connectivity index (χ3n) is 2.24. The van der Waals surface area contributed by atoms with Crippen molar-refractivity contribution in [3.63, 3.8) is 0 Å². The summed E-state index contributed by atoms with van der Waals surface area (Å²) in [6, 6.07) is 1.75. The molecule has 0 saturated carbocycles. The van der Waals surface area contributed by atoms with E-state index in [1.165, 1.54) is 11.3 Å². The molecule has 1 aromatic rings. The molecule has 0 atom stereocenters. The van der Waals surface area contributed by atoms with Gasteiger partial charge in [-0.25, -0.2) is 4.79 Å². The second-order valence-electron chi connectivity index (χ2n) is 5.27. The van der Waals surface area contributed by atoms with Gasteiger partial charge in [0.15, 0.2) is 0 Å². The SMILES string of the molecule is CCOC(=O)c1cc(C)sc1NC(=O)CSC(C)(C)C. The molecule has 1 rings (SSSR count). The van der Waals surface area contributed by atoms with Crippen LogP contribution in [0.5, 0.6) is 0 Å². The Morgan fingerprint density at radius 2 is 2.05 bits per heavy atom. The van der Waals surface area contributed by atoms with E-state index in [1.807, 2.05) is 6.92 Å². The van der Waals surface area contributed by atoms with Crippen molar-refractivity contribution in [1.82, 2.24) is 0 Å². The lowest BCUT2D eigenvalue weighted by molar-refractivity contribution is -0.113. The highest BCUT2D eigenvalue weighted by molar-refractivity contribution is 8.01. The fraction of sp³-hybridized carbons (Fsp3) is 0.571. The third kappa shape index (κ3) is 5.54. The number of aryl methyl sites for hydroxylation is 1. The monoisotopic (exact) mass is 315 g/mol.